The molecule has 132 valence electrons. The maximum atomic E-state index is 12.0. The first-order valence-corrected chi connectivity index (χ1v) is 7.99. The van der Waals surface area contributed by atoms with Crippen molar-refractivity contribution >= 4 is 17.6 Å². The summed E-state index contributed by atoms with van der Waals surface area (Å²) in [6, 6.07) is 15.8. The maximum absolute atomic E-state index is 12.0. The molecule has 0 aromatic heterocycles. The Hall–Kier alpha value is -3.02. The molecule has 1 N–H and O–H groups in total. The molecule has 0 saturated carbocycles. The van der Waals surface area contributed by atoms with Crippen LogP contribution in [-0.2, 0) is 14.3 Å². The average Bonchev–Trinajstić information content (AvgIpc) is 2.62. The molecule has 0 fully saturated rings. The summed E-state index contributed by atoms with van der Waals surface area (Å²) in [5, 5.41) is 2.67. The molecule has 0 radical (unpaired) electrons. The zero-order valence-corrected chi connectivity index (χ0v) is 14.2. The minimum Gasteiger partial charge on any atom is -0.494 e. The number of anilines is 1. The highest BCUT2D eigenvalue weighted by atomic mass is 16.6. The van der Waals surface area contributed by atoms with Crippen molar-refractivity contribution in [3.05, 3.63) is 54.6 Å². The predicted octanol–water partition coefficient (Wildman–Crippen LogP) is 3.03. The third kappa shape index (κ3) is 6.18. The number of amides is 1. The molecule has 0 bridgehead atoms. The minimum absolute atomic E-state index is 0.281. The van der Waals surface area contributed by atoms with Crippen LogP contribution in [0.5, 0.6) is 11.5 Å². The molecule has 0 heterocycles. The molecule has 0 aliphatic rings. The summed E-state index contributed by atoms with van der Waals surface area (Å²) in [6.07, 6.45) is -0.920. The van der Waals surface area contributed by atoms with E-state index in [-0.39, 0.29) is 6.61 Å². The molecule has 0 aliphatic carbocycles. The number of hydrogen-bond acceptors (Lipinski definition) is 5. The van der Waals surface area contributed by atoms with Gasteiger partial charge in [-0.05, 0) is 50.2 Å². The van der Waals surface area contributed by atoms with Crippen LogP contribution in [0.15, 0.2) is 54.6 Å². The zero-order chi connectivity index (χ0) is 18.1. The molecule has 1 atom stereocenters. The van der Waals surface area contributed by atoms with Gasteiger partial charge in [0.1, 0.15) is 11.5 Å². The summed E-state index contributed by atoms with van der Waals surface area (Å²) in [4.78, 5) is 23.8. The van der Waals surface area contributed by atoms with E-state index in [4.69, 9.17) is 14.2 Å². The van der Waals surface area contributed by atoms with Gasteiger partial charge in [-0.1, -0.05) is 18.2 Å². The third-order valence-electron chi connectivity index (χ3n) is 3.21. The summed E-state index contributed by atoms with van der Waals surface area (Å²) >= 11 is 0. The second-order valence-corrected chi connectivity index (χ2v) is 5.18. The Morgan fingerprint density at radius 2 is 1.56 bits per heavy atom. The van der Waals surface area contributed by atoms with E-state index < -0.39 is 18.0 Å². The van der Waals surface area contributed by atoms with Gasteiger partial charge in [0.25, 0.3) is 5.91 Å². The average molecular weight is 343 g/mol. The lowest BCUT2D eigenvalue weighted by molar-refractivity contribution is -0.155. The number of carbonyl (C=O) groups is 2. The summed E-state index contributed by atoms with van der Waals surface area (Å²) in [5.41, 5.74) is 0.640. The fourth-order valence-corrected chi connectivity index (χ4v) is 1.99. The van der Waals surface area contributed by atoms with Crippen LogP contribution >= 0.6 is 0 Å². The van der Waals surface area contributed by atoms with Crippen LogP contribution in [0.2, 0.25) is 0 Å². The highest BCUT2D eigenvalue weighted by molar-refractivity contribution is 5.95. The number of esters is 1. The van der Waals surface area contributed by atoms with Gasteiger partial charge < -0.3 is 19.5 Å². The molecule has 0 aliphatic heterocycles. The van der Waals surface area contributed by atoms with Crippen LogP contribution < -0.4 is 14.8 Å². The van der Waals surface area contributed by atoms with Crippen molar-refractivity contribution in [1.29, 1.82) is 0 Å². The van der Waals surface area contributed by atoms with E-state index in [0.29, 0.717) is 18.0 Å². The second kappa shape index (κ2) is 9.32. The first kappa shape index (κ1) is 18.3. The number of rotatable bonds is 8. The van der Waals surface area contributed by atoms with Crippen LogP contribution in [0.4, 0.5) is 5.69 Å². The summed E-state index contributed by atoms with van der Waals surface area (Å²) in [5.74, 6) is 0.218. The van der Waals surface area contributed by atoms with Gasteiger partial charge in [0.2, 0.25) is 0 Å². The Labute approximate surface area is 146 Å². The van der Waals surface area contributed by atoms with Gasteiger partial charge in [0.15, 0.2) is 12.7 Å². The lowest BCUT2D eigenvalue weighted by Gasteiger charge is -2.14. The Morgan fingerprint density at radius 1 is 0.960 bits per heavy atom. The van der Waals surface area contributed by atoms with E-state index >= 15 is 0 Å². The molecule has 6 nitrogen and oxygen atoms in total. The molecule has 6 heteroatoms. The molecule has 2 rings (SSSR count). The number of carbonyl (C=O) groups excluding carboxylic acids is 2. The first-order valence-electron chi connectivity index (χ1n) is 7.99. The van der Waals surface area contributed by atoms with Crippen LogP contribution in [0.25, 0.3) is 0 Å². The van der Waals surface area contributed by atoms with E-state index in [1.54, 1.807) is 48.5 Å². The van der Waals surface area contributed by atoms with Crippen molar-refractivity contribution in [2.75, 3.05) is 18.5 Å². The van der Waals surface area contributed by atoms with E-state index in [1.165, 1.54) is 6.92 Å². The van der Waals surface area contributed by atoms with Crippen LogP contribution in [0, 0.1) is 0 Å². The van der Waals surface area contributed by atoms with Crippen molar-refractivity contribution in [2.45, 2.75) is 20.0 Å². The van der Waals surface area contributed by atoms with Crippen LogP contribution in [0.3, 0.4) is 0 Å². The highest BCUT2D eigenvalue weighted by Gasteiger charge is 2.18. The first-order chi connectivity index (χ1) is 12.1. The monoisotopic (exact) mass is 343 g/mol. The molecule has 25 heavy (non-hydrogen) atoms. The Balaban J connectivity index is 1.76. The molecule has 1 amide bonds. The van der Waals surface area contributed by atoms with Gasteiger partial charge >= 0.3 is 5.97 Å². The Bertz CT molecular complexity index is 685. The SMILES string of the molecule is CCOc1ccc(OCC(=O)O[C@@H](C)C(=O)Nc2ccccc2)cc1. The molecule has 2 aromatic rings. The van der Waals surface area contributed by atoms with Gasteiger partial charge in [-0.2, -0.15) is 0 Å². The highest BCUT2D eigenvalue weighted by Crippen LogP contribution is 2.17. The fraction of sp³-hybridized carbons (Fsp3) is 0.263. The Morgan fingerprint density at radius 3 is 2.16 bits per heavy atom. The molecular weight excluding hydrogens is 322 g/mol. The molecular formula is C19H21NO5. The van der Waals surface area contributed by atoms with Gasteiger partial charge in [-0.15, -0.1) is 0 Å². The van der Waals surface area contributed by atoms with Gasteiger partial charge in [0.05, 0.1) is 6.61 Å². The lowest BCUT2D eigenvalue weighted by Crippen LogP contribution is -2.31. The van der Waals surface area contributed by atoms with E-state index in [2.05, 4.69) is 5.32 Å². The standard InChI is InChI=1S/C19H21NO5/c1-3-23-16-9-11-17(12-10-16)24-13-18(21)25-14(2)19(22)20-15-7-5-4-6-8-15/h4-12,14H,3,13H2,1-2H3,(H,20,22)/t14-/m0/s1. The molecule has 0 spiro atoms. The fourth-order valence-electron chi connectivity index (χ4n) is 1.99. The summed E-state index contributed by atoms with van der Waals surface area (Å²) < 4.78 is 15.7. The molecule has 2 aromatic carbocycles. The number of para-hydroxylation sites is 1. The van der Waals surface area contributed by atoms with Crippen molar-refractivity contribution in [1.82, 2.24) is 0 Å². The normalized spacial score (nSPS) is 11.3. The quantitative estimate of drug-likeness (QED) is 0.746. The van der Waals surface area contributed by atoms with Crippen molar-refractivity contribution in [3.8, 4) is 11.5 Å². The van der Waals surface area contributed by atoms with Gasteiger partial charge in [-0.25, -0.2) is 4.79 Å². The minimum atomic E-state index is -0.920. The van der Waals surface area contributed by atoms with Crippen molar-refractivity contribution < 1.29 is 23.8 Å². The lowest BCUT2D eigenvalue weighted by atomic mass is 10.3. The topological polar surface area (TPSA) is 73.9 Å². The van der Waals surface area contributed by atoms with Gasteiger partial charge in [0, 0.05) is 5.69 Å². The predicted molar refractivity (Wildman–Crippen MR) is 93.7 cm³/mol. The number of ether oxygens (including phenoxy) is 3. The number of hydrogen-bond donors (Lipinski definition) is 1. The molecule has 0 saturated heterocycles. The van der Waals surface area contributed by atoms with E-state index in [0.717, 1.165) is 5.75 Å². The van der Waals surface area contributed by atoms with E-state index in [9.17, 15) is 9.59 Å². The summed E-state index contributed by atoms with van der Waals surface area (Å²) in [6.45, 7) is 3.70. The van der Waals surface area contributed by atoms with Crippen molar-refractivity contribution in [2.24, 2.45) is 0 Å². The molecule has 0 unspecified atom stereocenters. The van der Waals surface area contributed by atoms with Crippen molar-refractivity contribution in [3.63, 3.8) is 0 Å². The van der Waals surface area contributed by atoms with Crippen LogP contribution in [-0.4, -0.2) is 31.2 Å². The largest absolute Gasteiger partial charge is 0.494 e. The van der Waals surface area contributed by atoms with Crippen LogP contribution in [0.1, 0.15) is 13.8 Å². The number of benzene rings is 2. The Kier molecular flexibility index (Phi) is 6.83. The van der Waals surface area contributed by atoms with E-state index in [1.807, 2.05) is 13.0 Å². The number of nitrogens with one attached hydrogen (secondary N) is 1. The maximum Gasteiger partial charge on any atom is 0.344 e. The second-order valence-electron chi connectivity index (χ2n) is 5.18. The smallest absolute Gasteiger partial charge is 0.344 e. The summed E-state index contributed by atoms with van der Waals surface area (Å²) in [7, 11) is 0. The third-order valence-corrected chi connectivity index (χ3v) is 3.21. The zero-order valence-electron chi connectivity index (χ0n) is 14.2. The van der Waals surface area contributed by atoms with Gasteiger partial charge in [-0.3, -0.25) is 4.79 Å².